The molecule has 0 atom stereocenters. The Morgan fingerprint density at radius 3 is 2.32 bits per heavy atom. The minimum absolute atomic E-state index is 0.133. The number of aromatic nitrogens is 2. The molecule has 2 aliphatic heterocycles. The average molecular weight is 393 g/mol. The van der Waals surface area contributed by atoms with Crippen LogP contribution in [0.25, 0.3) is 0 Å². The summed E-state index contributed by atoms with van der Waals surface area (Å²) in [5.41, 5.74) is 0. The van der Waals surface area contributed by atoms with Crippen LogP contribution >= 0.6 is 0 Å². The highest BCUT2D eigenvalue weighted by atomic mass is 16.5. The number of carbonyl (C=O) groups excluding carboxylic acids is 2. The predicted octanol–water partition coefficient (Wildman–Crippen LogP) is 0.348. The summed E-state index contributed by atoms with van der Waals surface area (Å²) in [6.45, 7) is 7.96. The van der Waals surface area contributed by atoms with Crippen molar-refractivity contribution in [3.05, 3.63) is 11.7 Å². The lowest BCUT2D eigenvalue weighted by molar-refractivity contribution is -0.140. The van der Waals surface area contributed by atoms with Crippen LogP contribution in [0.3, 0.4) is 0 Å². The van der Waals surface area contributed by atoms with Gasteiger partial charge in [0.1, 0.15) is 0 Å². The van der Waals surface area contributed by atoms with Gasteiger partial charge in [-0.1, -0.05) is 12.1 Å². The topological polar surface area (TPSA) is 92.0 Å². The quantitative estimate of drug-likeness (QED) is 0.629. The summed E-state index contributed by atoms with van der Waals surface area (Å²) < 4.78 is 10.5. The molecule has 3 rings (SSSR count). The molecule has 9 heteroatoms. The fraction of sp³-hybridized carbons (Fsp3) is 0.789. The van der Waals surface area contributed by atoms with Gasteiger partial charge in [0.15, 0.2) is 5.82 Å². The smallest absolute Gasteiger partial charge is 0.236 e. The maximum Gasteiger partial charge on any atom is 0.236 e. The molecule has 3 heterocycles. The number of nitrogens with zero attached hydrogens (tertiary/aromatic N) is 5. The van der Waals surface area contributed by atoms with Gasteiger partial charge in [-0.3, -0.25) is 14.5 Å². The van der Waals surface area contributed by atoms with Gasteiger partial charge in [0.05, 0.1) is 19.8 Å². The highest BCUT2D eigenvalue weighted by molar-refractivity contribution is 5.79. The Bertz CT molecular complexity index is 636. The van der Waals surface area contributed by atoms with Gasteiger partial charge >= 0.3 is 0 Å². The monoisotopic (exact) mass is 393 g/mol. The lowest BCUT2D eigenvalue weighted by Gasteiger charge is -2.36. The van der Waals surface area contributed by atoms with E-state index in [0.29, 0.717) is 71.1 Å². The molecule has 2 amide bonds. The molecule has 9 nitrogen and oxygen atoms in total. The molecular weight excluding hydrogens is 362 g/mol. The molecule has 0 spiro atoms. The zero-order chi connectivity index (χ0) is 19.8. The third kappa shape index (κ3) is 6.00. The Morgan fingerprint density at radius 2 is 1.64 bits per heavy atom. The maximum absolute atomic E-state index is 12.4. The second kappa shape index (κ2) is 10.5. The number of rotatable bonds is 8. The summed E-state index contributed by atoms with van der Waals surface area (Å²) in [6.07, 6.45) is 3.59. The second-order valence-electron chi connectivity index (χ2n) is 7.36. The predicted molar refractivity (Wildman–Crippen MR) is 102 cm³/mol. The largest absolute Gasteiger partial charge is 0.379 e. The van der Waals surface area contributed by atoms with Crippen molar-refractivity contribution >= 4 is 11.8 Å². The van der Waals surface area contributed by atoms with E-state index in [1.807, 2.05) is 9.80 Å². The van der Waals surface area contributed by atoms with Crippen LogP contribution < -0.4 is 0 Å². The van der Waals surface area contributed by atoms with Crippen molar-refractivity contribution in [2.24, 2.45) is 0 Å². The molecule has 0 bridgehead atoms. The standard InChI is InChI=1S/C19H31N5O4/c1-2-4-16-20-17(28-21-16)5-3-6-18(25)23-7-9-24(10-8-23)19(26)15-22-11-13-27-14-12-22/h2-15H2,1H3. The lowest BCUT2D eigenvalue weighted by atomic mass is 10.2. The van der Waals surface area contributed by atoms with Crippen LogP contribution in [0.4, 0.5) is 0 Å². The number of morpholine rings is 1. The highest BCUT2D eigenvalue weighted by Crippen LogP contribution is 2.09. The zero-order valence-electron chi connectivity index (χ0n) is 16.8. The number of aryl methyl sites for hydroxylation is 2. The van der Waals surface area contributed by atoms with Crippen LogP contribution in [0.15, 0.2) is 4.52 Å². The van der Waals surface area contributed by atoms with Crippen molar-refractivity contribution in [2.75, 3.05) is 59.0 Å². The van der Waals surface area contributed by atoms with Crippen molar-refractivity contribution in [3.8, 4) is 0 Å². The Balaban J connectivity index is 1.33. The van der Waals surface area contributed by atoms with Crippen molar-refractivity contribution in [2.45, 2.75) is 39.0 Å². The first-order valence-electron chi connectivity index (χ1n) is 10.3. The van der Waals surface area contributed by atoms with Crippen LogP contribution in [0.1, 0.15) is 37.9 Å². The molecule has 1 aromatic heterocycles. The van der Waals surface area contributed by atoms with E-state index in [9.17, 15) is 9.59 Å². The second-order valence-corrected chi connectivity index (χ2v) is 7.36. The summed E-state index contributed by atoms with van der Waals surface area (Å²) in [5.74, 6) is 1.62. The van der Waals surface area contributed by atoms with Crippen LogP contribution in [-0.4, -0.2) is 95.7 Å². The molecule has 1 aromatic rings. The average Bonchev–Trinajstić information content (AvgIpc) is 3.16. The summed E-state index contributed by atoms with van der Waals surface area (Å²) in [7, 11) is 0. The first-order chi connectivity index (χ1) is 13.7. The van der Waals surface area contributed by atoms with Gasteiger partial charge < -0.3 is 19.1 Å². The van der Waals surface area contributed by atoms with Crippen molar-refractivity contribution < 1.29 is 18.8 Å². The Kier molecular flexibility index (Phi) is 7.79. The molecule has 0 saturated carbocycles. The number of carbonyl (C=O) groups is 2. The molecule has 28 heavy (non-hydrogen) atoms. The minimum Gasteiger partial charge on any atom is -0.379 e. The van der Waals surface area contributed by atoms with Crippen LogP contribution in [0.2, 0.25) is 0 Å². The fourth-order valence-electron chi connectivity index (χ4n) is 3.52. The van der Waals surface area contributed by atoms with Crippen molar-refractivity contribution in [1.82, 2.24) is 24.8 Å². The molecule has 156 valence electrons. The zero-order valence-corrected chi connectivity index (χ0v) is 16.8. The van der Waals surface area contributed by atoms with Gasteiger partial charge in [-0.05, 0) is 12.8 Å². The lowest BCUT2D eigenvalue weighted by Crippen LogP contribution is -2.53. The Morgan fingerprint density at radius 1 is 0.964 bits per heavy atom. The van der Waals surface area contributed by atoms with Crippen molar-refractivity contribution in [3.63, 3.8) is 0 Å². The molecule has 2 fully saturated rings. The molecule has 0 radical (unpaired) electrons. The maximum atomic E-state index is 12.4. The molecule has 0 unspecified atom stereocenters. The van der Waals surface area contributed by atoms with E-state index in [0.717, 1.165) is 31.8 Å². The van der Waals surface area contributed by atoms with Gasteiger partial charge in [0.2, 0.25) is 17.7 Å². The number of ether oxygens (including phenoxy) is 1. The van der Waals surface area contributed by atoms with E-state index in [1.54, 1.807) is 0 Å². The minimum atomic E-state index is 0.133. The first kappa shape index (κ1) is 20.7. The van der Waals surface area contributed by atoms with E-state index in [2.05, 4.69) is 22.0 Å². The van der Waals surface area contributed by atoms with Crippen LogP contribution in [-0.2, 0) is 27.2 Å². The van der Waals surface area contributed by atoms with Crippen LogP contribution in [0, 0.1) is 0 Å². The fourth-order valence-corrected chi connectivity index (χ4v) is 3.52. The van der Waals surface area contributed by atoms with Crippen molar-refractivity contribution in [1.29, 1.82) is 0 Å². The molecular formula is C19H31N5O4. The highest BCUT2D eigenvalue weighted by Gasteiger charge is 2.25. The van der Waals surface area contributed by atoms with E-state index < -0.39 is 0 Å². The molecule has 0 aromatic carbocycles. The number of amides is 2. The number of hydrogen-bond acceptors (Lipinski definition) is 7. The van der Waals surface area contributed by atoms with E-state index in [1.165, 1.54) is 0 Å². The number of piperazine rings is 1. The summed E-state index contributed by atoms with van der Waals surface area (Å²) in [6, 6.07) is 0. The normalized spacial score (nSPS) is 18.5. The van der Waals surface area contributed by atoms with E-state index >= 15 is 0 Å². The summed E-state index contributed by atoms with van der Waals surface area (Å²) >= 11 is 0. The van der Waals surface area contributed by atoms with E-state index in [-0.39, 0.29) is 11.8 Å². The van der Waals surface area contributed by atoms with Gasteiger partial charge in [0.25, 0.3) is 0 Å². The summed E-state index contributed by atoms with van der Waals surface area (Å²) in [4.78, 5) is 35.0. The van der Waals surface area contributed by atoms with Crippen LogP contribution in [0.5, 0.6) is 0 Å². The van der Waals surface area contributed by atoms with Gasteiger partial charge in [-0.25, -0.2) is 0 Å². The van der Waals surface area contributed by atoms with Gasteiger partial charge in [0, 0.05) is 58.5 Å². The van der Waals surface area contributed by atoms with Gasteiger partial charge in [-0.2, -0.15) is 4.98 Å². The molecule has 2 aliphatic rings. The van der Waals surface area contributed by atoms with E-state index in [4.69, 9.17) is 9.26 Å². The Hall–Kier alpha value is -2.00. The summed E-state index contributed by atoms with van der Waals surface area (Å²) in [5, 5.41) is 3.93. The SMILES string of the molecule is CCCc1noc(CCCC(=O)N2CCN(C(=O)CN3CCOCC3)CC2)n1. The third-order valence-corrected chi connectivity index (χ3v) is 5.21. The Labute approximate surface area is 166 Å². The molecule has 2 saturated heterocycles. The van der Waals surface area contributed by atoms with Gasteiger partial charge in [-0.15, -0.1) is 0 Å². The molecule has 0 N–H and O–H groups in total. The first-order valence-corrected chi connectivity index (χ1v) is 10.3. The molecule has 0 aliphatic carbocycles. The number of hydrogen-bond donors (Lipinski definition) is 0. The third-order valence-electron chi connectivity index (χ3n) is 5.21.